The van der Waals surface area contributed by atoms with Crippen molar-refractivity contribution in [1.29, 1.82) is 0 Å². The molecule has 2 rings (SSSR count). The van der Waals surface area contributed by atoms with Crippen LogP contribution >= 0.6 is 23.4 Å². The lowest BCUT2D eigenvalue weighted by atomic mass is 10.2. The fourth-order valence-corrected chi connectivity index (χ4v) is 3.22. The molecule has 2 nitrogen and oxygen atoms in total. The van der Waals surface area contributed by atoms with E-state index in [-0.39, 0.29) is 0 Å². The van der Waals surface area contributed by atoms with Gasteiger partial charge in [0.2, 0.25) is 0 Å². The number of fused-ring (bicyclic) bond motifs is 1. The van der Waals surface area contributed by atoms with Crippen molar-refractivity contribution in [2.24, 2.45) is 0 Å². The molecule has 4 heteroatoms. The van der Waals surface area contributed by atoms with Crippen LogP contribution in [0.25, 0.3) is 0 Å². The van der Waals surface area contributed by atoms with Gasteiger partial charge in [-0.05, 0) is 24.1 Å². The second-order valence-corrected chi connectivity index (χ2v) is 5.79. The zero-order valence-electron chi connectivity index (χ0n) is 10.5. The monoisotopic (exact) mass is 280 g/mol. The van der Waals surface area contributed by atoms with Gasteiger partial charge in [-0.25, -0.2) is 4.98 Å². The number of thioether (sulfide) groups is 1. The first-order chi connectivity index (χ1) is 8.69. The van der Waals surface area contributed by atoms with Crippen LogP contribution in [0.15, 0.2) is 41.5 Å². The fraction of sp³-hybridized carbons (Fsp3) is 0.357. The van der Waals surface area contributed by atoms with E-state index in [4.69, 9.17) is 11.6 Å². The van der Waals surface area contributed by atoms with Gasteiger partial charge in [-0.3, -0.25) is 4.90 Å². The van der Waals surface area contributed by atoms with Gasteiger partial charge in [0.15, 0.2) is 0 Å². The van der Waals surface area contributed by atoms with Gasteiger partial charge in [-0.15, -0.1) is 11.8 Å². The second kappa shape index (κ2) is 6.41. The highest BCUT2D eigenvalue weighted by atomic mass is 35.5. The van der Waals surface area contributed by atoms with Gasteiger partial charge < -0.3 is 0 Å². The highest BCUT2D eigenvalue weighted by Gasteiger charge is 2.16. The van der Waals surface area contributed by atoms with Crippen LogP contribution < -0.4 is 0 Å². The van der Waals surface area contributed by atoms with Crippen molar-refractivity contribution in [3.8, 4) is 0 Å². The van der Waals surface area contributed by atoms with E-state index in [2.05, 4.69) is 28.6 Å². The second-order valence-electron chi connectivity index (χ2n) is 4.32. The van der Waals surface area contributed by atoms with E-state index in [9.17, 15) is 0 Å². The number of hydrogen-bond acceptors (Lipinski definition) is 3. The minimum absolute atomic E-state index is 0.577. The summed E-state index contributed by atoms with van der Waals surface area (Å²) in [6.07, 6.45) is 4.10. The Kier molecular flexibility index (Phi) is 4.87. The molecule has 0 saturated carbocycles. The van der Waals surface area contributed by atoms with Gasteiger partial charge in [0, 0.05) is 25.4 Å². The zero-order chi connectivity index (χ0) is 13.0. The maximum absolute atomic E-state index is 5.93. The number of halogens is 1. The summed E-state index contributed by atoms with van der Waals surface area (Å²) in [5.74, 6) is 1.05. The van der Waals surface area contributed by atoms with Crippen LogP contribution in [0.5, 0.6) is 0 Å². The first-order valence-electron chi connectivity index (χ1n) is 6.00. The lowest BCUT2D eigenvalue weighted by molar-refractivity contribution is 0.309. The van der Waals surface area contributed by atoms with E-state index in [0.717, 1.165) is 36.0 Å². The van der Waals surface area contributed by atoms with Gasteiger partial charge in [0.05, 0.1) is 0 Å². The molecule has 0 aliphatic carbocycles. The summed E-state index contributed by atoms with van der Waals surface area (Å²) < 4.78 is 0. The first-order valence-corrected chi connectivity index (χ1v) is 7.36. The molecule has 1 aliphatic heterocycles. The Morgan fingerprint density at radius 1 is 1.61 bits per heavy atom. The van der Waals surface area contributed by atoms with Crippen molar-refractivity contribution in [3.63, 3.8) is 0 Å². The van der Waals surface area contributed by atoms with E-state index in [0.29, 0.717) is 5.15 Å². The van der Waals surface area contributed by atoms with Crippen molar-refractivity contribution in [3.05, 3.63) is 47.2 Å². The predicted molar refractivity (Wildman–Crippen MR) is 79.2 cm³/mol. The Bertz CT molecular complexity index is 471. The molecule has 1 aromatic rings. The van der Waals surface area contributed by atoms with E-state index in [1.54, 1.807) is 11.8 Å². The summed E-state index contributed by atoms with van der Waals surface area (Å²) in [6, 6.07) is 3.94. The Morgan fingerprint density at radius 3 is 3.22 bits per heavy atom. The number of allylic oxidation sites excluding steroid dienone is 1. The van der Waals surface area contributed by atoms with Gasteiger partial charge in [-0.2, -0.15) is 0 Å². The van der Waals surface area contributed by atoms with Crippen molar-refractivity contribution in [2.45, 2.75) is 18.5 Å². The van der Waals surface area contributed by atoms with Crippen LogP contribution in [0.1, 0.15) is 12.5 Å². The van der Waals surface area contributed by atoms with Gasteiger partial charge in [0.1, 0.15) is 10.2 Å². The summed E-state index contributed by atoms with van der Waals surface area (Å²) in [5.41, 5.74) is 2.41. The Balaban J connectivity index is 2.09. The quantitative estimate of drug-likeness (QED) is 0.619. The van der Waals surface area contributed by atoms with E-state index >= 15 is 0 Å². The smallest absolute Gasteiger partial charge is 0.130 e. The summed E-state index contributed by atoms with van der Waals surface area (Å²) in [4.78, 5) is 6.79. The normalized spacial score (nSPS) is 16.6. The van der Waals surface area contributed by atoms with Crippen LogP contribution in [0.3, 0.4) is 0 Å². The van der Waals surface area contributed by atoms with Crippen LogP contribution in [0, 0.1) is 0 Å². The fourth-order valence-electron chi connectivity index (χ4n) is 1.99. The molecule has 2 heterocycles. The van der Waals surface area contributed by atoms with Crippen molar-refractivity contribution < 1.29 is 0 Å². The highest BCUT2D eigenvalue weighted by molar-refractivity contribution is 7.99. The van der Waals surface area contributed by atoms with Crippen molar-refractivity contribution in [2.75, 3.05) is 18.8 Å². The molecular weight excluding hydrogens is 264 g/mol. The molecule has 0 atom stereocenters. The number of rotatable bonds is 3. The van der Waals surface area contributed by atoms with E-state index < -0.39 is 0 Å². The topological polar surface area (TPSA) is 16.1 Å². The molecule has 0 spiro atoms. The molecule has 1 aliphatic rings. The SMILES string of the molecule is C=C(/C=C\C)CN1CCSc2nc(Cl)ccc2C1. The number of nitrogens with zero attached hydrogens (tertiary/aromatic N) is 2. The molecule has 0 aromatic carbocycles. The molecule has 0 saturated heterocycles. The zero-order valence-corrected chi connectivity index (χ0v) is 12.1. The number of hydrogen-bond donors (Lipinski definition) is 0. The van der Waals surface area contributed by atoms with Crippen LogP contribution in [-0.2, 0) is 6.54 Å². The molecule has 1 aromatic heterocycles. The summed E-state index contributed by atoms with van der Waals surface area (Å²) >= 11 is 7.71. The largest absolute Gasteiger partial charge is 0.294 e. The third-order valence-electron chi connectivity index (χ3n) is 2.77. The number of pyridine rings is 1. The molecule has 18 heavy (non-hydrogen) atoms. The molecular formula is C14H17ClN2S. The number of aromatic nitrogens is 1. The average molecular weight is 281 g/mol. The third-order valence-corrected chi connectivity index (χ3v) is 4.00. The van der Waals surface area contributed by atoms with Gasteiger partial charge >= 0.3 is 0 Å². The van der Waals surface area contributed by atoms with Gasteiger partial charge in [-0.1, -0.05) is 36.4 Å². The summed E-state index contributed by atoms with van der Waals surface area (Å²) in [7, 11) is 0. The standard InChI is InChI=1S/C14H17ClN2S/c1-3-4-11(2)9-17-7-8-18-14-12(10-17)5-6-13(15)16-14/h3-6H,2,7-10H2,1H3/b4-3-. The molecule has 0 fully saturated rings. The van der Waals surface area contributed by atoms with E-state index in [1.165, 1.54) is 5.56 Å². The van der Waals surface area contributed by atoms with Crippen LogP contribution in [-0.4, -0.2) is 28.7 Å². The lowest BCUT2D eigenvalue weighted by Crippen LogP contribution is -2.26. The molecule has 0 radical (unpaired) electrons. The first kappa shape index (κ1) is 13.7. The third kappa shape index (κ3) is 3.61. The minimum Gasteiger partial charge on any atom is -0.294 e. The molecule has 0 unspecified atom stereocenters. The van der Waals surface area contributed by atoms with Crippen molar-refractivity contribution in [1.82, 2.24) is 9.88 Å². The minimum atomic E-state index is 0.577. The predicted octanol–water partition coefficient (Wildman–Crippen LogP) is 3.78. The Labute approximate surface area is 118 Å². The molecule has 0 bridgehead atoms. The van der Waals surface area contributed by atoms with Gasteiger partial charge in [0.25, 0.3) is 0 Å². The molecule has 0 amide bonds. The lowest BCUT2D eigenvalue weighted by Gasteiger charge is -2.20. The Hall–Kier alpha value is -0.770. The summed E-state index contributed by atoms with van der Waals surface area (Å²) in [6.45, 7) is 8.97. The molecule has 96 valence electrons. The molecule has 0 N–H and O–H groups in total. The average Bonchev–Trinajstić information content (AvgIpc) is 2.50. The maximum atomic E-state index is 5.93. The highest BCUT2D eigenvalue weighted by Crippen LogP contribution is 2.27. The summed E-state index contributed by atoms with van der Waals surface area (Å²) in [5, 5.41) is 1.65. The van der Waals surface area contributed by atoms with Crippen LogP contribution in [0.2, 0.25) is 5.15 Å². The van der Waals surface area contributed by atoms with Crippen LogP contribution in [0.4, 0.5) is 0 Å². The van der Waals surface area contributed by atoms with Crippen molar-refractivity contribution >= 4 is 23.4 Å². The van der Waals surface area contributed by atoms with E-state index in [1.807, 2.05) is 19.1 Å². The maximum Gasteiger partial charge on any atom is 0.130 e. The Morgan fingerprint density at radius 2 is 2.44 bits per heavy atom.